The molecule has 0 saturated heterocycles. The lowest BCUT2D eigenvalue weighted by Crippen LogP contribution is -2.15. The van der Waals surface area contributed by atoms with Gasteiger partial charge in [-0.2, -0.15) is 0 Å². The Bertz CT molecular complexity index is 599. The molecule has 1 atom stereocenters. The van der Waals surface area contributed by atoms with E-state index in [-0.39, 0.29) is 12.3 Å². The molecule has 22 heavy (non-hydrogen) atoms. The van der Waals surface area contributed by atoms with Gasteiger partial charge in [0.25, 0.3) is 0 Å². The summed E-state index contributed by atoms with van der Waals surface area (Å²) in [6, 6.07) is 18.1. The SMILES string of the molecule is CC(CNc1ccccc1OCCC(N)=O)c1ccccc1. The summed E-state index contributed by atoms with van der Waals surface area (Å²) in [5, 5.41) is 3.41. The van der Waals surface area contributed by atoms with Gasteiger partial charge in [-0.3, -0.25) is 4.79 Å². The number of nitrogens with two attached hydrogens (primary N) is 1. The van der Waals surface area contributed by atoms with Gasteiger partial charge in [-0.05, 0) is 23.6 Å². The molecule has 1 amide bonds. The third kappa shape index (κ3) is 4.81. The molecule has 0 aliphatic heterocycles. The van der Waals surface area contributed by atoms with E-state index >= 15 is 0 Å². The van der Waals surface area contributed by atoms with Gasteiger partial charge in [-0.15, -0.1) is 0 Å². The third-order valence-electron chi connectivity index (χ3n) is 3.46. The Hall–Kier alpha value is -2.49. The number of anilines is 1. The van der Waals surface area contributed by atoms with E-state index in [1.807, 2.05) is 42.5 Å². The minimum Gasteiger partial charge on any atom is -0.491 e. The van der Waals surface area contributed by atoms with Crippen LogP contribution in [-0.2, 0) is 4.79 Å². The van der Waals surface area contributed by atoms with Gasteiger partial charge in [0.1, 0.15) is 5.75 Å². The fraction of sp³-hybridized carbons (Fsp3) is 0.278. The van der Waals surface area contributed by atoms with Crippen LogP contribution in [-0.4, -0.2) is 19.1 Å². The molecule has 3 N–H and O–H groups in total. The lowest BCUT2D eigenvalue weighted by Gasteiger charge is -2.16. The number of primary amides is 1. The van der Waals surface area contributed by atoms with Crippen LogP contribution in [0.25, 0.3) is 0 Å². The summed E-state index contributed by atoms with van der Waals surface area (Å²) in [6.45, 7) is 3.28. The summed E-state index contributed by atoms with van der Waals surface area (Å²) in [5.74, 6) is 0.770. The highest BCUT2D eigenvalue weighted by Gasteiger charge is 2.07. The van der Waals surface area contributed by atoms with Crippen LogP contribution in [0, 0.1) is 0 Å². The molecule has 2 aromatic carbocycles. The number of hydrogen-bond acceptors (Lipinski definition) is 3. The minimum absolute atomic E-state index is 0.217. The first kappa shape index (κ1) is 15.9. The second-order valence-corrected chi connectivity index (χ2v) is 5.25. The van der Waals surface area contributed by atoms with Crippen LogP contribution >= 0.6 is 0 Å². The van der Waals surface area contributed by atoms with E-state index in [9.17, 15) is 4.79 Å². The van der Waals surface area contributed by atoms with Crippen molar-refractivity contribution in [2.75, 3.05) is 18.5 Å². The molecule has 0 aromatic heterocycles. The van der Waals surface area contributed by atoms with Crippen molar-refractivity contribution in [2.45, 2.75) is 19.3 Å². The Balaban J connectivity index is 1.93. The van der Waals surface area contributed by atoms with Crippen molar-refractivity contribution in [3.63, 3.8) is 0 Å². The summed E-state index contributed by atoms with van der Waals surface area (Å²) in [5.41, 5.74) is 7.34. The van der Waals surface area contributed by atoms with Crippen molar-refractivity contribution in [3.8, 4) is 5.75 Å². The zero-order valence-corrected chi connectivity index (χ0v) is 12.8. The van der Waals surface area contributed by atoms with Crippen LogP contribution in [0.2, 0.25) is 0 Å². The lowest BCUT2D eigenvalue weighted by atomic mass is 10.0. The van der Waals surface area contributed by atoms with E-state index in [2.05, 4.69) is 24.4 Å². The van der Waals surface area contributed by atoms with Crippen LogP contribution < -0.4 is 15.8 Å². The average Bonchev–Trinajstić information content (AvgIpc) is 2.54. The van der Waals surface area contributed by atoms with Gasteiger partial charge in [0.2, 0.25) is 5.91 Å². The number of rotatable bonds is 8. The second-order valence-electron chi connectivity index (χ2n) is 5.25. The highest BCUT2D eigenvalue weighted by molar-refractivity contribution is 5.73. The summed E-state index contributed by atoms with van der Waals surface area (Å²) in [4.78, 5) is 10.8. The predicted octanol–water partition coefficient (Wildman–Crippen LogP) is 3.16. The van der Waals surface area contributed by atoms with Gasteiger partial charge in [0, 0.05) is 6.54 Å². The highest BCUT2D eigenvalue weighted by atomic mass is 16.5. The number of para-hydroxylation sites is 2. The number of hydrogen-bond donors (Lipinski definition) is 2. The Labute approximate surface area is 131 Å². The summed E-state index contributed by atoms with van der Waals surface area (Å²) in [7, 11) is 0. The van der Waals surface area contributed by atoms with Gasteiger partial charge in [-0.25, -0.2) is 0 Å². The van der Waals surface area contributed by atoms with E-state index in [1.54, 1.807) is 0 Å². The highest BCUT2D eigenvalue weighted by Crippen LogP contribution is 2.25. The van der Waals surface area contributed by atoms with Crippen LogP contribution in [0.5, 0.6) is 5.75 Å². The largest absolute Gasteiger partial charge is 0.491 e. The number of nitrogens with one attached hydrogen (secondary N) is 1. The Morgan fingerprint density at radius 2 is 1.82 bits per heavy atom. The van der Waals surface area contributed by atoms with Gasteiger partial charge in [0.05, 0.1) is 18.7 Å². The van der Waals surface area contributed by atoms with E-state index in [0.29, 0.717) is 12.5 Å². The smallest absolute Gasteiger partial charge is 0.220 e. The fourth-order valence-corrected chi connectivity index (χ4v) is 2.16. The zero-order chi connectivity index (χ0) is 15.8. The fourth-order valence-electron chi connectivity index (χ4n) is 2.16. The maximum absolute atomic E-state index is 10.8. The number of ether oxygens (including phenoxy) is 1. The number of amides is 1. The zero-order valence-electron chi connectivity index (χ0n) is 12.8. The lowest BCUT2D eigenvalue weighted by molar-refractivity contribution is -0.118. The standard InChI is InChI=1S/C18H22N2O2/c1-14(15-7-3-2-4-8-15)13-20-16-9-5-6-10-17(16)22-12-11-18(19)21/h2-10,14,20H,11-13H2,1H3,(H2,19,21). The molecule has 0 radical (unpaired) electrons. The molecule has 0 heterocycles. The van der Waals surface area contributed by atoms with Gasteiger partial charge < -0.3 is 15.8 Å². The molecule has 0 aliphatic rings. The van der Waals surface area contributed by atoms with Crippen molar-refractivity contribution in [3.05, 3.63) is 60.2 Å². The number of benzene rings is 2. The summed E-state index contributed by atoms with van der Waals surface area (Å²) in [6.07, 6.45) is 0.217. The second kappa shape index (κ2) is 8.08. The van der Waals surface area contributed by atoms with Crippen molar-refractivity contribution >= 4 is 11.6 Å². The molecule has 1 unspecified atom stereocenters. The van der Waals surface area contributed by atoms with Crippen molar-refractivity contribution in [1.82, 2.24) is 0 Å². The Morgan fingerprint density at radius 1 is 1.14 bits per heavy atom. The maximum Gasteiger partial charge on any atom is 0.220 e. The molecule has 0 saturated carbocycles. The molecular weight excluding hydrogens is 276 g/mol. The predicted molar refractivity (Wildman–Crippen MR) is 89.1 cm³/mol. The molecule has 0 spiro atoms. The topological polar surface area (TPSA) is 64.3 Å². The van der Waals surface area contributed by atoms with Crippen LogP contribution in [0.15, 0.2) is 54.6 Å². The molecule has 0 fully saturated rings. The van der Waals surface area contributed by atoms with Crippen LogP contribution in [0.1, 0.15) is 24.8 Å². The molecular formula is C18H22N2O2. The third-order valence-corrected chi connectivity index (χ3v) is 3.46. The van der Waals surface area contributed by atoms with E-state index in [0.717, 1.165) is 18.0 Å². The van der Waals surface area contributed by atoms with Crippen molar-refractivity contribution < 1.29 is 9.53 Å². The normalized spacial score (nSPS) is 11.7. The molecule has 2 rings (SSSR count). The van der Waals surface area contributed by atoms with Gasteiger partial charge in [-0.1, -0.05) is 49.4 Å². The average molecular weight is 298 g/mol. The van der Waals surface area contributed by atoms with Crippen molar-refractivity contribution in [2.24, 2.45) is 5.73 Å². The van der Waals surface area contributed by atoms with E-state index in [4.69, 9.17) is 10.5 Å². The van der Waals surface area contributed by atoms with Gasteiger partial charge >= 0.3 is 0 Å². The van der Waals surface area contributed by atoms with Crippen molar-refractivity contribution in [1.29, 1.82) is 0 Å². The van der Waals surface area contributed by atoms with E-state index < -0.39 is 0 Å². The molecule has 0 aliphatic carbocycles. The molecule has 4 nitrogen and oxygen atoms in total. The summed E-state index contributed by atoms with van der Waals surface area (Å²) < 4.78 is 5.62. The molecule has 0 bridgehead atoms. The van der Waals surface area contributed by atoms with Crippen LogP contribution in [0.4, 0.5) is 5.69 Å². The molecule has 4 heteroatoms. The monoisotopic (exact) mass is 298 g/mol. The van der Waals surface area contributed by atoms with E-state index in [1.165, 1.54) is 5.56 Å². The minimum atomic E-state index is -0.358. The Kier molecular flexibility index (Phi) is 5.83. The first-order valence-electron chi connectivity index (χ1n) is 7.46. The van der Waals surface area contributed by atoms with Crippen LogP contribution in [0.3, 0.4) is 0 Å². The Morgan fingerprint density at radius 3 is 2.55 bits per heavy atom. The maximum atomic E-state index is 10.8. The first-order valence-corrected chi connectivity index (χ1v) is 7.46. The summed E-state index contributed by atoms with van der Waals surface area (Å²) >= 11 is 0. The first-order chi connectivity index (χ1) is 10.7. The quantitative estimate of drug-likeness (QED) is 0.787. The molecule has 2 aromatic rings. The van der Waals surface area contributed by atoms with Gasteiger partial charge in [0.15, 0.2) is 0 Å². The molecule has 116 valence electrons. The number of carbonyl (C=O) groups excluding carboxylic acids is 1. The number of carbonyl (C=O) groups is 1.